The van der Waals surface area contributed by atoms with Gasteiger partial charge < -0.3 is 16.0 Å². The third-order valence-electron chi connectivity index (χ3n) is 5.74. The average molecular weight is 447 g/mol. The van der Waals surface area contributed by atoms with E-state index in [9.17, 15) is 14.4 Å². The fraction of sp³-hybridized carbons (Fsp3) is 0.842. The molecule has 0 aromatic carbocycles. The highest BCUT2D eigenvalue weighted by Gasteiger charge is 2.51. The Bertz CT molecular complexity index is 587. The minimum absolute atomic E-state index is 0.0720. The molecule has 0 aromatic heterocycles. The summed E-state index contributed by atoms with van der Waals surface area (Å²) in [5.41, 5.74) is 7.82. The van der Waals surface area contributed by atoms with Gasteiger partial charge in [0, 0.05) is 37.4 Å². The van der Waals surface area contributed by atoms with E-state index in [-0.39, 0.29) is 28.2 Å². The number of thioether (sulfide) groups is 2. The minimum atomic E-state index is -0.584. The Hall–Kier alpha value is -0.970. The van der Waals surface area contributed by atoms with E-state index in [2.05, 4.69) is 5.32 Å². The van der Waals surface area contributed by atoms with Crippen LogP contribution in [0.4, 0.5) is 0 Å². The maximum absolute atomic E-state index is 13.1. The normalized spacial score (nSPS) is 22.5. The molecule has 0 bridgehead atoms. The van der Waals surface area contributed by atoms with E-state index < -0.39 is 18.0 Å². The van der Waals surface area contributed by atoms with Crippen LogP contribution in [0.1, 0.15) is 52.4 Å². The number of carbonyl (C=O) groups is 3. The maximum Gasteiger partial charge on any atom is 0.243 e. The summed E-state index contributed by atoms with van der Waals surface area (Å²) in [4.78, 5) is 38.6. The van der Waals surface area contributed by atoms with Crippen molar-refractivity contribution >= 4 is 41.2 Å². The molecule has 2 rings (SSSR count). The summed E-state index contributed by atoms with van der Waals surface area (Å²) < 4.78 is -0.0928. The van der Waals surface area contributed by atoms with Crippen molar-refractivity contribution in [3.63, 3.8) is 0 Å². The van der Waals surface area contributed by atoms with E-state index in [4.69, 9.17) is 10.9 Å². The lowest BCUT2D eigenvalue weighted by Gasteiger charge is -2.29. The van der Waals surface area contributed by atoms with Crippen LogP contribution in [0.5, 0.6) is 0 Å². The smallest absolute Gasteiger partial charge is 0.243 e. The monoisotopic (exact) mass is 446 g/mol. The van der Waals surface area contributed by atoms with Crippen LogP contribution in [0, 0.1) is 5.92 Å². The Morgan fingerprint density at radius 2 is 1.93 bits per heavy atom. The lowest BCUT2D eigenvalue weighted by atomic mass is 9.98. The van der Waals surface area contributed by atoms with Crippen molar-refractivity contribution in [2.24, 2.45) is 11.7 Å². The van der Waals surface area contributed by atoms with Gasteiger partial charge in [0.05, 0.1) is 10.1 Å². The van der Waals surface area contributed by atoms with Crippen LogP contribution in [0.3, 0.4) is 0 Å². The molecular formula is C19H34N4O4S2. The SMILES string of the molecule is CC[C@H](C)[C@H](N)C(=O)N1CC2(C[C@H]1C(=O)NCCCCCC(=O)NO)SCCS2. The number of rotatable bonds is 10. The summed E-state index contributed by atoms with van der Waals surface area (Å²) in [7, 11) is 0. The molecule has 10 heteroatoms. The number of hydrogen-bond donors (Lipinski definition) is 4. The molecule has 2 aliphatic heterocycles. The number of hydroxylamine groups is 1. The van der Waals surface area contributed by atoms with Crippen molar-refractivity contribution in [3.05, 3.63) is 0 Å². The zero-order valence-electron chi connectivity index (χ0n) is 17.3. The van der Waals surface area contributed by atoms with Crippen LogP contribution < -0.4 is 16.5 Å². The molecule has 8 nitrogen and oxygen atoms in total. The molecule has 2 aliphatic rings. The molecule has 2 heterocycles. The van der Waals surface area contributed by atoms with Crippen LogP contribution in [-0.4, -0.2) is 68.6 Å². The Balaban J connectivity index is 1.91. The number of hydrogen-bond acceptors (Lipinski definition) is 7. The molecule has 0 saturated carbocycles. The molecule has 0 aliphatic carbocycles. The zero-order chi connectivity index (χ0) is 21.4. The van der Waals surface area contributed by atoms with Crippen LogP contribution in [0.15, 0.2) is 0 Å². The second-order valence-electron chi connectivity index (χ2n) is 7.84. The molecule has 1 spiro atoms. The highest BCUT2D eigenvalue weighted by atomic mass is 32.2. The van der Waals surface area contributed by atoms with Gasteiger partial charge in [-0.25, -0.2) is 5.48 Å². The minimum Gasteiger partial charge on any atom is -0.354 e. The number of nitrogens with two attached hydrogens (primary N) is 1. The van der Waals surface area contributed by atoms with E-state index in [0.717, 1.165) is 30.8 Å². The van der Waals surface area contributed by atoms with Gasteiger partial charge in [-0.2, -0.15) is 0 Å². The molecule has 2 fully saturated rings. The highest BCUT2D eigenvalue weighted by molar-refractivity contribution is 8.21. The first-order chi connectivity index (χ1) is 13.8. The van der Waals surface area contributed by atoms with Gasteiger partial charge in [0.1, 0.15) is 6.04 Å². The van der Waals surface area contributed by atoms with E-state index in [1.54, 1.807) is 10.4 Å². The predicted octanol–water partition coefficient (Wildman–Crippen LogP) is 1.32. The quantitative estimate of drug-likeness (QED) is 0.227. The first kappa shape index (κ1) is 24.3. The molecule has 3 amide bonds. The molecule has 0 unspecified atom stereocenters. The van der Waals surface area contributed by atoms with Crippen LogP contribution >= 0.6 is 23.5 Å². The predicted molar refractivity (Wildman–Crippen MR) is 117 cm³/mol. The third kappa shape index (κ3) is 6.50. The molecule has 3 atom stereocenters. The van der Waals surface area contributed by atoms with Crippen molar-refractivity contribution in [3.8, 4) is 0 Å². The van der Waals surface area contributed by atoms with E-state index in [1.165, 1.54) is 0 Å². The Labute approximate surface area is 181 Å². The molecule has 2 saturated heterocycles. The maximum atomic E-state index is 13.1. The summed E-state index contributed by atoms with van der Waals surface area (Å²) in [6.45, 7) is 5.06. The fourth-order valence-electron chi connectivity index (χ4n) is 3.67. The summed E-state index contributed by atoms with van der Waals surface area (Å²) in [6, 6.07) is -1.06. The summed E-state index contributed by atoms with van der Waals surface area (Å²) in [6.07, 6.45) is 3.91. The standard InChI is InChI=1S/C19H34N4O4S2/c1-3-13(2)16(20)18(26)23-12-19(28-9-10-29-19)11-14(23)17(25)21-8-6-4-5-7-15(24)22-27/h13-14,16,27H,3-12,20H2,1-2H3,(H,21,25)(H,22,24)/t13-,14-,16-/m0/s1. The largest absolute Gasteiger partial charge is 0.354 e. The second-order valence-corrected chi connectivity index (χ2v) is 11.1. The number of carbonyl (C=O) groups excluding carboxylic acids is 3. The van der Waals surface area contributed by atoms with Gasteiger partial charge in [-0.15, -0.1) is 23.5 Å². The van der Waals surface area contributed by atoms with Crippen molar-refractivity contribution < 1.29 is 19.6 Å². The van der Waals surface area contributed by atoms with Gasteiger partial charge in [0.25, 0.3) is 0 Å². The van der Waals surface area contributed by atoms with Crippen LogP contribution in [0.2, 0.25) is 0 Å². The van der Waals surface area contributed by atoms with Gasteiger partial charge in [-0.3, -0.25) is 19.6 Å². The molecular weight excluding hydrogens is 412 g/mol. The van der Waals surface area contributed by atoms with E-state index in [1.807, 2.05) is 37.4 Å². The lowest BCUT2D eigenvalue weighted by Crippen LogP contribution is -2.53. The molecule has 166 valence electrons. The van der Waals surface area contributed by atoms with E-state index >= 15 is 0 Å². The fourth-order valence-corrected chi connectivity index (χ4v) is 6.93. The third-order valence-corrected chi connectivity index (χ3v) is 9.16. The van der Waals surface area contributed by atoms with Gasteiger partial charge >= 0.3 is 0 Å². The topological polar surface area (TPSA) is 125 Å². The first-order valence-corrected chi connectivity index (χ1v) is 12.3. The molecule has 0 radical (unpaired) electrons. The zero-order valence-corrected chi connectivity index (χ0v) is 18.9. The van der Waals surface area contributed by atoms with Crippen LogP contribution in [-0.2, 0) is 14.4 Å². The van der Waals surface area contributed by atoms with Gasteiger partial charge in [-0.1, -0.05) is 26.7 Å². The summed E-state index contributed by atoms with van der Waals surface area (Å²) in [5, 5.41) is 11.4. The Kier molecular flexibility index (Phi) is 9.58. The molecule has 29 heavy (non-hydrogen) atoms. The number of amides is 3. The number of nitrogens with zero attached hydrogens (tertiary/aromatic N) is 1. The highest BCUT2D eigenvalue weighted by Crippen LogP contribution is 2.51. The molecule has 5 N–H and O–H groups in total. The average Bonchev–Trinajstić information content (AvgIpc) is 3.35. The number of likely N-dealkylation sites (tertiary alicyclic amines) is 1. The van der Waals surface area contributed by atoms with Crippen molar-refractivity contribution in [2.45, 2.75) is 68.5 Å². The van der Waals surface area contributed by atoms with Gasteiger partial charge in [-0.05, 0) is 18.8 Å². The number of unbranched alkanes of at least 4 members (excludes halogenated alkanes) is 2. The van der Waals surface area contributed by atoms with Crippen molar-refractivity contribution in [2.75, 3.05) is 24.6 Å². The molecule has 0 aromatic rings. The second kappa shape index (κ2) is 11.4. The van der Waals surface area contributed by atoms with Gasteiger partial charge in [0.2, 0.25) is 17.7 Å². The van der Waals surface area contributed by atoms with Gasteiger partial charge in [0.15, 0.2) is 0 Å². The Morgan fingerprint density at radius 1 is 1.24 bits per heavy atom. The van der Waals surface area contributed by atoms with Crippen LogP contribution in [0.25, 0.3) is 0 Å². The lowest BCUT2D eigenvalue weighted by molar-refractivity contribution is -0.140. The number of nitrogens with one attached hydrogen (secondary N) is 2. The van der Waals surface area contributed by atoms with Crippen molar-refractivity contribution in [1.82, 2.24) is 15.7 Å². The first-order valence-electron chi connectivity index (χ1n) is 10.4. The summed E-state index contributed by atoms with van der Waals surface area (Å²) in [5.74, 6) is 1.51. The summed E-state index contributed by atoms with van der Waals surface area (Å²) >= 11 is 3.70. The van der Waals surface area contributed by atoms with E-state index in [0.29, 0.717) is 25.9 Å². The van der Waals surface area contributed by atoms with Crippen molar-refractivity contribution in [1.29, 1.82) is 0 Å². The Morgan fingerprint density at radius 3 is 2.55 bits per heavy atom.